The van der Waals surface area contributed by atoms with Gasteiger partial charge in [-0.1, -0.05) is 12.1 Å². The summed E-state index contributed by atoms with van der Waals surface area (Å²) in [6, 6.07) is 6.97. The molecule has 7 nitrogen and oxygen atoms in total. The zero-order valence-corrected chi connectivity index (χ0v) is 18.2. The third-order valence-electron chi connectivity index (χ3n) is 4.92. The summed E-state index contributed by atoms with van der Waals surface area (Å²) in [7, 11) is 0. The number of benzene rings is 1. The molecule has 0 aliphatic heterocycles. The molecule has 10 heteroatoms. The summed E-state index contributed by atoms with van der Waals surface area (Å²) < 4.78 is 50.7. The van der Waals surface area contributed by atoms with Gasteiger partial charge in [-0.25, -0.2) is 15.0 Å². The maximum atomic E-state index is 12.6. The van der Waals surface area contributed by atoms with Crippen LogP contribution < -0.4 is 4.74 Å². The molecule has 1 aromatic carbocycles. The summed E-state index contributed by atoms with van der Waals surface area (Å²) >= 11 is 0. The molecule has 0 fully saturated rings. The molecule has 0 atom stereocenters. The SMILES string of the molecule is FC(F)(F)c1ccc(C=Cc2nc(COc3ncc(CCCCn4cccn4)cn3)co2)cc1. The number of rotatable bonds is 10. The third-order valence-corrected chi connectivity index (χ3v) is 4.92. The van der Waals surface area contributed by atoms with Crippen LogP contribution in [0, 0.1) is 0 Å². The van der Waals surface area contributed by atoms with Gasteiger partial charge in [0.25, 0.3) is 0 Å². The normalized spacial score (nSPS) is 11.9. The molecule has 0 spiro atoms. The minimum atomic E-state index is -4.36. The van der Waals surface area contributed by atoms with Gasteiger partial charge in [-0.05, 0) is 54.7 Å². The number of hydrogen-bond donors (Lipinski definition) is 0. The van der Waals surface area contributed by atoms with Crippen LogP contribution in [-0.4, -0.2) is 24.7 Å². The fraction of sp³-hybridized carbons (Fsp3) is 0.250. The first kappa shape index (κ1) is 23.2. The highest BCUT2D eigenvalue weighted by molar-refractivity contribution is 5.66. The van der Waals surface area contributed by atoms with E-state index in [-0.39, 0.29) is 12.6 Å². The maximum Gasteiger partial charge on any atom is 0.416 e. The topological polar surface area (TPSA) is 78.9 Å². The molecule has 34 heavy (non-hydrogen) atoms. The van der Waals surface area contributed by atoms with Crippen molar-refractivity contribution in [3.8, 4) is 6.01 Å². The first-order valence-electron chi connectivity index (χ1n) is 10.7. The van der Waals surface area contributed by atoms with Crippen LogP contribution in [0.15, 0.2) is 65.8 Å². The van der Waals surface area contributed by atoms with E-state index in [9.17, 15) is 13.2 Å². The zero-order chi connectivity index (χ0) is 23.8. The number of aromatic nitrogens is 5. The first-order chi connectivity index (χ1) is 16.5. The highest BCUT2D eigenvalue weighted by atomic mass is 19.4. The first-order valence-corrected chi connectivity index (χ1v) is 10.7. The second-order valence-corrected chi connectivity index (χ2v) is 7.52. The van der Waals surface area contributed by atoms with Crippen molar-refractivity contribution in [3.63, 3.8) is 0 Å². The lowest BCUT2D eigenvalue weighted by Crippen LogP contribution is -2.03. The van der Waals surface area contributed by atoms with Gasteiger partial charge in [0.2, 0.25) is 5.89 Å². The fourth-order valence-electron chi connectivity index (χ4n) is 3.14. The van der Waals surface area contributed by atoms with Crippen molar-refractivity contribution in [2.24, 2.45) is 0 Å². The van der Waals surface area contributed by atoms with Crippen molar-refractivity contribution in [1.82, 2.24) is 24.7 Å². The van der Waals surface area contributed by atoms with Gasteiger partial charge in [-0.2, -0.15) is 18.3 Å². The van der Waals surface area contributed by atoms with Crippen LogP contribution >= 0.6 is 0 Å². The third kappa shape index (κ3) is 6.77. The molecular weight excluding hydrogens is 447 g/mol. The van der Waals surface area contributed by atoms with Gasteiger partial charge in [0.05, 0.1) is 5.56 Å². The average Bonchev–Trinajstić information content (AvgIpc) is 3.52. The molecule has 0 saturated carbocycles. The Balaban J connectivity index is 1.21. The smallest absolute Gasteiger partial charge is 0.416 e. The van der Waals surface area contributed by atoms with Gasteiger partial charge in [0, 0.05) is 37.4 Å². The Labute approximate surface area is 194 Å². The van der Waals surface area contributed by atoms with E-state index in [4.69, 9.17) is 9.15 Å². The van der Waals surface area contributed by atoms with Gasteiger partial charge < -0.3 is 9.15 Å². The number of aryl methyl sites for hydroxylation is 2. The van der Waals surface area contributed by atoms with Crippen molar-refractivity contribution in [1.29, 1.82) is 0 Å². The minimum absolute atomic E-state index is 0.126. The summed E-state index contributed by atoms with van der Waals surface area (Å²) in [5.74, 6) is 0.310. The molecule has 0 N–H and O–H groups in total. The summed E-state index contributed by atoms with van der Waals surface area (Å²) in [6.07, 6.45) is 10.4. The highest BCUT2D eigenvalue weighted by Gasteiger charge is 2.29. The van der Waals surface area contributed by atoms with E-state index in [1.54, 1.807) is 30.7 Å². The predicted molar refractivity (Wildman–Crippen MR) is 118 cm³/mol. The number of nitrogens with zero attached hydrogens (tertiary/aromatic N) is 5. The quantitative estimate of drug-likeness (QED) is 0.287. The molecule has 4 aromatic rings. The van der Waals surface area contributed by atoms with E-state index < -0.39 is 11.7 Å². The van der Waals surface area contributed by atoms with Gasteiger partial charge >= 0.3 is 12.2 Å². The molecule has 176 valence electrons. The lowest BCUT2D eigenvalue weighted by Gasteiger charge is -2.05. The van der Waals surface area contributed by atoms with Crippen molar-refractivity contribution in [3.05, 3.63) is 89.7 Å². The predicted octanol–water partition coefficient (Wildman–Crippen LogP) is 5.45. The lowest BCUT2D eigenvalue weighted by molar-refractivity contribution is -0.137. The van der Waals surface area contributed by atoms with E-state index in [1.807, 2.05) is 16.9 Å². The Bertz CT molecular complexity index is 1180. The standard InChI is InChI=1S/C24H22F3N5O2/c25-24(26,27)20-8-5-18(6-9-20)7-10-22-31-21(16-33-22)17-34-23-28-14-19(15-29-23)4-1-2-12-32-13-3-11-30-32/h3,5-11,13-16H,1-2,4,12,17H2. The molecule has 4 rings (SSSR count). The van der Waals surface area contributed by atoms with Crippen LogP contribution in [0.4, 0.5) is 13.2 Å². The number of hydrogen-bond acceptors (Lipinski definition) is 6. The summed E-state index contributed by atoms with van der Waals surface area (Å²) in [6.45, 7) is 1.01. The molecular formula is C24H22F3N5O2. The van der Waals surface area contributed by atoms with Crippen molar-refractivity contribution in [2.45, 2.75) is 38.6 Å². The van der Waals surface area contributed by atoms with E-state index in [0.717, 1.165) is 43.5 Å². The van der Waals surface area contributed by atoms with Crippen LogP contribution in [0.1, 0.15) is 41.1 Å². The Morgan fingerprint density at radius 2 is 1.82 bits per heavy atom. The number of ether oxygens (including phenoxy) is 1. The largest absolute Gasteiger partial charge is 0.457 e. The highest BCUT2D eigenvalue weighted by Crippen LogP contribution is 2.29. The van der Waals surface area contributed by atoms with E-state index in [2.05, 4.69) is 20.1 Å². The van der Waals surface area contributed by atoms with Gasteiger partial charge in [0.1, 0.15) is 18.6 Å². The van der Waals surface area contributed by atoms with Gasteiger partial charge in [-0.15, -0.1) is 0 Å². The van der Waals surface area contributed by atoms with Crippen LogP contribution in [0.2, 0.25) is 0 Å². The maximum absolute atomic E-state index is 12.6. The Kier molecular flexibility index (Phi) is 7.36. The van der Waals surface area contributed by atoms with Crippen molar-refractivity contribution in [2.75, 3.05) is 0 Å². The van der Waals surface area contributed by atoms with E-state index >= 15 is 0 Å². The second-order valence-electron chi connectivity index (χ2n) is 7.52. The van der Waals surface area contributed by atoms with Crippen LogP contribution in [0.25, 0.3) is 12.2 Å². The molecule has 0 unspecified atom stereocenters. The van der Waals surface area contributed by atoms with Crippen LogP contribution in [-0.2, 0) is 25.7 Å². The summed E-state index contributed by atoms with van der Waals surface area (Å²) in [5, 5.41) is 4.18. The van der Waals surface area contributed by atoms with Gasteiger partial charge in [0.15, 0.2) is 0 Å². The molecule has 0 radical (unpaired) electrons. The lowest BCUT2D eigenvalue weighted by atomic mass is 10.1. The second kappa shape index (κ2) is 10.8. The molecule has 0 bridgehead atoms. The molecule has 3 heterocycles. The summed E-state index contributed by atoms with van der Waals surface area (Å²) in [5.41, 5.74) is 1.48. The zero-order valence-electron chi connectivity index (χ0n) is 18.2. The molecule has 3 aromatic heterocycles. The number of alkyl halides is 3. The Hall–Kier alpha value is -3.95. The monoisotopic (exact) mass is 469 g/mol. The number of unbranched alkanes of at least 4 members (excludes halogenated alkanes) is 1. The van der Waals surface area contributed by atoms with Crippen LogP contribution in [0.5, 0.6) is 6.01 Å². The van der Waals surface area contributed by atoms with Crippen molar-refractivity contribution >= 4 is 12.2 Å². The molecule has 0 amide bonds. The number of oxazole rings is 1. The van der Waals surface area contributed by atoms with E-state index in [1.165, 1.54) is 18.4 Å². The Morgan fingerprint density at radius 1 is 1.03 bits per heavy atom. The van der Waals surface area contributed by atoms with Crippen molar-refractivity contribution < 1.29 is 22.3 Å². The van der Waals surface area contributed by atoms with E-state index in [0.29, 0.717) is 17.1 Å². The molecule has 0 saturated heterocycles. The molecule has 0 aliphatic carbocycles. The van der Waals surface area contributed by atoms with Gasteiger partial charge in [-0.3, -0.25) is 4.68 Å². The Morgan fingerprint density at radius 3 is 2.53 bits per heavy atom. The molecule has 0 aliphatic rings. The number of halogens is 3. The summed E-state index contributed by atoms with van der Waals surface area (Å²) in [4.78, 5) is 12.7. The van der Waals surface area contributed by atoms with Crippen LogP contribution in [0.3, 0.4) is 0 Å². The fourth-order valence-corrected chi connectivity index (χ4v) is 3.14. The average molecular weight is 469 g/mol. The minimum Gasteiger partial charge on any atom is -0.457 e.